The molecule has 2 N–H and O–H groups in total. The smallest absolute Gasteiger partial charge is 0.415 e. The van der Waals surface area contributed by atoms with Crippen LogP contribution in [0.3, 0.4) is 0 Å². The molecule has 0 radical (unpaired) electrons. The summed E-state index contributed by atoms with van der Waals surface area (Å²) in [6.45, 7) is 4.50. The number of rotatable bonds is 2. The maximum absolute atomic E-state index is 11.8. The third-order valence-electron chi connectivity index (χ3n) is 2.94. The van der Waals surface area contributed by atoms with E-state index >= 15 is 0 Å². The van der Waals surface area contributed by atoms with E-state index in [0.717, 1.165) is 11.3 Å². The van der Waals surface area contributed by atoms with E-state index in [1.807, 2.05) is 19.9 Å². The maximum Gasteiger partial charge on any atom is 0.415 e. The highest BCUT2D eigenvalue weighted by Gasteiger charge is 2.41. The first-order valence-corrected chi connectivity index (χ1v) is 5.80. The fourth-order valence-electron chi connectivity index (χ4n) is 1.86. The van der Waals surface area contributed by atoms with Crippen molar-refractivity contribution in [3.05, 3.63) is 28.8 Å². The Morgan fingerprint density at radius 1 is 1.59 bits per heavy atom. The van der Waals surface area contributed by atoms with Crippen LogP contribution in [0.2, 0.25) is 5.02 Å². The lowest BCUT2D eigenvalue weighted by Gasteiger charge is -2.20. The Labute approximate surface area is 105 Å². The van der Waals surface area contributed by atoms with Crippen LogP contribution in [0.5, 0.6) is 0 Å². The van der Waals surface area contributed by atoms with Gasteiger partial charge < -0.3 is 10.5 Å². The van der Waals surface area contributed by atoms with E-state index in [1.54, 1.807) is 17.0 Å². The van der Waals surface area contributed by atoms with Gasteiger partial charge >= 0.3 is 6.09 Å². The Balaban J connectivity index is 2.35. The van der Waals surface area contributed by atoms with E-state index in [-0.39, 0.29) is 6.09 Å². The highest BCUT2D eigenvalue weighted by atomic mass is 35.5. The fourth-order valence-corrected chi connectivity index (χ4v) is 2.03. The molecule has 0 aromatic heterocycles. The minimum absolute atomic E-state index is 0.300. The number of hydrogen-bond donors (Lipinski definition) is 1. The average molecular weight is 255 g/mol. The first-order valence-electron chi connectivity index (χ1n) is 5.42. The molecule has 1 atom stereocenters. The zero-order chi connectivity index (χ0) is 12.6. The standard InChI is InChI=1S/C12H15ClN2O2/c1-8-3-4-9(13)5-10(8)15-7-12(2,6-14)17-11(15)16/h3-5H,6-7,14H2,1-2H3. The normalized spacial score (nSPS) is 24.0. The van der Waals surface area contributed by atoms with Crippen LogP contribution in [0.25, 0.3) is 0 Å². The zero-order valence-corrected chi connectivity index (χ0v) is 10.6. The molecule has 4 nitrogen and oxygen atoms in total. The molecule has 1 aliphatic heterocycles. The molecule has 0 saturated carbocycles. The van der Waals surface area contributed by atoms with Crippen LogP contribution in [-0.2, 0) is 4.74 Å². The number of carbonyl (C=O) groups is 1. The molecule has 17 heavy (non-hydrogen) atoms. The molecule has 1 saturated heterocycles. The molecule has 0 spiro atoms. The van der Waals surface area contributed by atoms with Gasteiger partial charge in [0.05, 0.1) is 12.2 Å². The predicted molar refractivity (Wildman–Crippen MR) is 67.5 cm³/mol. The second kappa shape index (κ2) is 4.20. The topological polar surface area (TPSA) is 55.6 Å². The SMILES string of the molecule is Cc1ccc(Cl)cc1N1CC(C)(CN)OC1=O. The fraction of sp³-hybridized carbons (Fsp3) is 0.417. The lowest BCUT2D eigenvalue weighted by atomic mass is 10.1. The van der Waals surface area contributed by atoms with Crippen LogP contribution in [0, 0.1) is 6.92 Å². The summed E-state index contributed by atoms with van der Waals surface area (Å²) in [5, 5.41) is 0.597. The molecular formula is C12H15ClN2O2. The van der Waals surface area contributed by atoms with Crippen molar-refractivity contribution in [3.63, 3.8) is 0 Å². The third kappa shape index (κ3) is 2.23. The summed E-state index contributed by atoms with van der Waals surface area (Å²) in [7, 11) is 0. The van der Waals surface area contributed by atoms with Gasteiger partial charge in [0.25, 0.3) is 0 Å². The molecule has 1 amide bonds. The third-order valence-corrected chi connectivity index (χ3v) is 3.18. The number of hydrogen-bond acceptors (Lipinski definition) is 3. The predicted octanol–water partition coefficient (Wildman–Crippen LogP) is 2.32. The summed E-state index contributed by atoms with van der Waals surface area (Å²) >= 11 is 5.94. The highest BCUT2D eigenvalue weighted by molar-refractivity contribution is 6.31. The number of cyclic esters (lactones) is 1. The summed E-state index contributed by atoms with van der Waals surface area (Å²) in [6.07, 6.45) is -0.372. The van der Waals surface area contributed by atoms with Crippen molar-refractivity contribution in [1.29, 1.82) is 0 Å². The monoisotopic (exact) mass is 254 g/mol. The van der Waals surface area contributed by atoms with Crippen molar-refractivity contribution in [2.45, 2.75) is 19.4 Å². The van der Waals surface area contributed by atoms with Gasteiger partial charge in [-0.25, -0.2) is 4.79 Å². The van der Waals surface area contributed by atoms with Gasteiger partial charge in [-0.3, -0.25) is 4.90 Å². The molecule has 1 aromatic rings. The lowest BCUT2D eigenvalue weighted by molar-refractivity contribution is 0.0789. The zero-order valence-electron chi connectivity index (χ0n) is 9.87. The van der Waals surface area contributed by atoms with Crippen molar-refractivity contribution < 1.29 is 9.53 Å². The minimum Gasteiger partial charge on any atom is -0.440 e. The van der Waals surface area contributed by atoms with Gasteiger partial charge in [0.15, 0.2) is 0 Å². The van der Waals surface area contributed by atoms with Crippen molar-refractivity contribution in [1.82, 2.24) is 0 Å². The molecular weight excluding hydrogens is 240 g/mol. The number of nitrogens with zero attached hydrogens (tertiary/aromatic N) is 1. The second-order valence-corrected chi connectivity index (χ2v) is 4.98. The van der Waals surface area contributed by atoms with Gasteiger partial charge in [-0.05, 0) is 31.5 Å². The molecule has 5 heteroatoms. The summed E-state index contributed by atoms with van der Waals surface area (Å²) < 4.78 is 5.28. The largest absolute Gasteiger partial charge is 0.440 e. The van der Waals surface area contributed by atoms with Gasteiger partial charge in [-0.2, -0.15) is 0 Å². The van der Waals surface area contributed by atoms with Crippen LogP contribution in [0.4, 0.5) is 10.5 Å². The van der Waals surface area contributed by atoms with Crippen molar-refractivity contribution >= 4 is 23.4 Å². The Morgan fingerprint density at radius 3 is 2.88 bits per heavy atom. The number of nitrogens with two attached hydrogens (primary N) is 1. The first kappa shape index (κ1) is 12.2. The first-order chi connectivity index (χ1) is 7.95. The van der Waals surface area contributed by atoms with E-state index in [4.69, 9.17) is 22.1 Å². The van der Waals surface area contributed by atoms with Crippen LogP contribution in [0.15, 0.2) is 18.2 Å². The van der Waals surface area contributed by atoms with E-state index in [9.17, 15) is 4.79 Å². The number of halogens is 1. The van der Waals surface area contributed by atoms with Crippen LogP contribution in [0.1, 0.15) is 12.5 Å². The van der Waals surface area contributed by atoms with E-state index in [0.29, 0.717) is 18.1 Å². The quantitative estimate of drug-likeness (QED) is 0.881. The average Bonchev–Trinajstić information content (AvgIpc) is 2.59. The van der Waals surface area contributed by atoms with Crippen LogP contribution in [-0.4, -0.2) is 24.8 Å². The highest BCUT2D eigenvalue weighted by Crippen LogP contribution is 2.31. The molecule has 1 heterocycles. The van der Waals surface area contributed by atoms with Gasteiger partial charge in [0, 0.05) is 11.6 Å². The van der Waals surface area contributed by atoms with Crippen molar-refractivity contribution in [2.75, 3.05) is 18.0 Å². The molecule has 0 bridgehead atoms. The second-order valence-electron chi connectivity index (χ2n) is 4.54. The summed E-state index contributed by atoms with van der Waals surface area (Å²) in [5.74, 6) is 0. The van der Waals surface area contributed by atoms with Crippen LogP contribution >= 0.6 is 11.6 Å². The van der Waals surface area contributed by atoms with E-state index < -0.39 is 5.60 Å². The van der Waals surface area contributed by atoms with Gasteiger partial charge in [-0.1, -0.05) is 17.7 Å². The van der Waals surface area contributed by atoms with Gasteiger partial charge in [-0.15, -0.1) is 0 Å². The maximum atomic E-state index is 11.8. The molecule has 1 aromatic carbocycles. The summed E-state index contributed by atoms with van der Waals surface area (Å²) in [5.41, 5.74) is 6.75. The summed E-state index contributed by atoms with van der Waals surface area (Å²) in [6, 6.07) is 5.44. The van der Waals surface area contributed by atoms with E-state index in [2.05, 4.69) is 0 Å². The Bertz CT molecular complexity index is 464. The number of aryl methyl sites for hydroxylation is 1. The number of benzene rings is 1. The van der Waals surface area contributed by atoms with Gasteiger partial charge in [0.1, 0.15) is 5.60 Å². The number of ether oxygens (including phenoxy) is 1. The molecule has 0 aliphatic carbocycles. The molecule has 1 unspecified atom stereocenters. The lowest BCUT2D eigenvalue weighted by Crippen LogP contribution is -2.38. The van der Waals surface area contributed by atoms with Crippen LogP contribution < -0.4 is 10.6 Å². The molecule has 2 rings (SSSR count). The van der Waals surface area contributed by atoms with Gasteiger partial charge in [0.2, 0.25) is 0 Å². The molecule has 92 valence electrons. The number of carbonyl (C=O) groups excluding carboxylic acids is 1. The molecule has 1 fully saturated rings. The summed E-state index contributed by atoms with van der Waals surface area (Å²) in [4.78, 5) is 13.4. The molecule has 1 aliphatic rings. The minimum atomic E-state index is -0.619. The Kier molecular flexibility index (Phi) is 3.02. The number of amides is 1. The number of anilines is 1. The van der Waals surface area contributed by atoms with Crippen molar-refractivity contribution in [2.24, 2.45) is 5.73 Å². The van der Waals surface area contributed by atoms with E-state index in [1.165, 1.54) is 0 Å². The Morgan fingerprint density at radius 2 is 2.29 bits per heavy atom. The Hall–Kier alpha value is -1.26. The van der Waals surface area contributed by atoms with Crippen molar-refractivity contribution in [3.8, 4) is 0 Å².